The van der Waals surface area contributed by atoms with E-state index in [0.717, 1.165) is 31.1 Å². The van der Waals surface area contributed by atoms with E-state index in [9.17, 15) is 0 Å². The first-order valence-corrected chi connectivity index (χ1v) is 8.25. The van der Waals surface area contributed by atoms with Crippen molar-refractivity contribution in [2.75, 3.05) is 6.54 Å². The van der Waals surface area contributed by atoms with Gasteiger partial charge in [-0.05, 0) is 50.6 Å². The third kappa shape index (κ3) is 4.10. The van der Waals surface area contributed by atoms with Crippen LogP contribution >= 0.6 is 0 Å². The fraction of sp³-hybridized carbons (Fsp3) is 0.765. The van der Waals surface area contributed by atoms with Gasteiger partial charge in [0.25, 0.3) is 0 Å². The molecule has 1 N–H and O–H groups in total. The van der Waals surface area contributed by atoms with E-state index in [1.165, 1.54) is 50.0 Å². The van der Waals surface area contributed by atoms with Crippen LogP contribution in [0.1, 0.15) is 57.3 Å². The minimum Gasteiger partial charge on any atom is -0.468 e. The summed E-state index contributed by atoms with van der Waals surface area (Å²) in [7, 11) is 0. The molecule has 0 aromatic carbocycles. The Labute approximate surface area is 122 Å². The fourth-order valence-electron chi connectivity index (χ4n) is 2.64. The lowest BCUT2D eigenvalue weighted by Crippen LogP contribution is -2.28. The molecule has 1 aromatic heterocycles. The van der Waals surface area contributed by atoms with Crippen LogP contribution in [-0.2, 0) is 13.1 Å². The smallest absolute Gasteiger partial charge is 0.122 e. The molecule has 0 radical (unpaired) electrons. The zero-order valence-electron chi connectivity index (χ0n) is 12.9. The van der Waals surface area contributed by atoms with E-state index >= 15 is 0 Å². The van der Waals surface area contributed by atoms with Gasteiger partial charge in [-0.2, -0.15) is 0 Å². The fourth-order valence-corrected chi connectivity index (χ4v) is 2.64. The zero-order valence-corrected chi connectivity index (χ0v) is 12.9. The van der Waals surface area contributed by atoms with Gasteiger partial charge in [0, 0.05) is 24.2 Å². The molecule has 0 saturated heterocycles. The van der Waals surface area contributed by atoms with E-state index in [0.29, 0.717) is 0 Å². The quantitative estimate of drug-likeness (QED) is 0.748. The van der Waals surface area contributed by atoms with E-state index in [1.54, 1.807) is 0 Å². The van der Waals surface area contributed by atoms with Crippen LogP contribution in [0.5, 0.6) is 0 Å². The second kappa shape index (κ2) is 6.31. The summed E-state index contributed by atoms with van der Waals surface area (Å²) in [6.45, 7) is 7.79. The van der Waals surface area contributed by atoms with Gasteiger partial charge in [-0.25, -0.2) is 0 Å². The molecule has 0 atom stereocenters. The first kappa shape index (κ1) is 14.2. The minimum atomic E-state index is 0.762. The second-order valence-corrected chi connectivity index (χ2v) is 6.91. The molecular weight excluding hydrogens is 248 g/mol. The van der Waals surface area contributed by atoms with E-state index in [1.807, 2.05) is 6.26 Å². The van der Waals surface area contributed by atoms with Crippen LogP contribution < -0.4 is 5.32 Å². The van der Waals surface area contributed by atoms with Crippen molar-refractivity contribution in [2.45, 2.75) is 71.1 Å². The van der Waals surface area contributed by atoms with Gasteiger partial charge < -0.3 is 9.73 Å². The maximum absolute atomic E-state index is 5.75. The van der Waals surface area contributed by atoms with Gasteiger partial charge in [0.15, 0.2) is 0 Å². The molecule has 2 aliphatic carbocycles. The van der Waals surface area contributed by atoms with Crippen LogP contribution in [-0.4, -0.2) is 23.5 Å². The van der Waals surface area contributed by atoms with E-state index in [4.69, 9.17) is 4.42 Å². The lowest BCUT2D eigenvalue weighted by molar-refractivity contribution is 0.220. The summed E-state index contributed by atoms with van der Waals surface area (Å²) in [5, 5.41) is 3.59. The third-order valence-corrected chi connectivity index (χ3v) is 4.40. The Bertz CT molecular complexity index is 418. The summed E-state index contributed by atoms with van der Waals surface area (Å²) >= 11 is 0. The topological polar surface area (TPSA) is 28.4 Å². The van der Waals surface area contributed by atoms with Crippen LogP contribution in [0.3, 0.4) is 0 Å². The monoisotopic (exact) mass is 276 g/mol. The van der Waals surface area contributed by atoms with Crippen LogP contribution in [0.4, 0.5) is 0 Å². The Morgan fingerprint density at radius 3 is 2.75 bits per heavy atom. The molecule has 20 heavy (non-hydrogen) atoms. The summed E-state index contributed by atoms with van der Waals surface area (Å²) < 4.78 is 5.75. The number of hydrogen-bond acceptors (Lipinski definition) is 3. The highest BCUT2D eigenvalue weighted by Gasteiger charge is 2.30. The van der Waals surface area contributed by atoms with Crippen molar-refractivity contribution in [3.63, 3.8) is 0 Å². The predicted octanol–water partition coefficient (Wildman–Crippen LogP) is 3.54. The molecular formula is C17H28N2O. The molecule has 3 nitrogen and oxygen atoms in total. The van der Waals surface area contributed by atoms with Crippen LogP contribution in [0.25, 0.3) is 0 Å². The summed E-state index contributed by atoms with van der Waals surface area (Å²) in [5.74, 6) is 1.96. The van der Waals surface area contributed by atoms with Crippen LogP contribution in [0, 0.1) is 5.92 Å². The van der Waals surface area contributed by atoms with Crippen molar-refractivity contribution in [2.24, 2.45) is 5.92 Å². The molecule has 1 aromatic rings. The number of furan rings is 1. The molecule has 1 heterocycles. The second-order valence-electron chi connectivity index (χ2n) is 6.91. The summed E-state index contributed by atoms with van der Waals surface area (Å²) in [6, 6.07) is 3.71. The maximum atomic E-state index is 5.75. The highest BCUT2D eigenvalue weighted by atomic mass is 16.3. The Hall–Kier alpha value is -0.800. The Morgan fingerprint density at radius 1 is 1.30 bits per heavy atom. The van der Waals surface area contributed by atoms with Gasteiger partial charge in [0.05, 0.1) is 12.8 Å². The minimum absolute atomic E-state index is 0.762. The average Bonchev–Trinajstić information content (AvgIpc) is 3.32. The van der Waals surface area contributed by atoms with Gasteiger partial charge in [-0.1, -0.05) is 13.8 Å². The van der Waals surface area contributed by atoms with Gasteiger partial charge in [0.2, 0.25) is 0 Å². The lowest BCUT2D eigenvalue weighted by atomic mass is 10.1. The number of rotatable bonds is 9. The molecule has 0 aliphatic heterocycles. The lowest BCUT2D eigenvalue weighted by Gasteiger charge is -2.22. The highest BCUT2D eigenvalue weighted by molar-refractivity contribution is 5.17. The van der Waals surface area contributed by atoms with Crippen molar-refractivity contribution in [1.29, 1.82) is 0 Å². The Kier molecular flexibility index (Phi) is 4.47. The average molecular weight is 276 g/mol. The maximum Gasteiger partial charge on any atom is 0.122 e. The SMILES string of the molecule is CC(C)CCN(Cc1occc1CNC1CC1)C1CC1. The molecule has 0 spiro atoms. The van der Waals surface area contributed by atoms with Crippen molar-refractivity contribution in [3.8, 4) is 0 Å². The molecule has 0 amide bonds. The summed E-state index contributed by atoms with van der Waals surface area (Å²) in [4.78, 5) is 2.62. The first-order valence-electron chi connectivity index (χ1n) is 8.25. The first-order chi connectivity index (χ1) is 9.72. The number of hydrogen-bond donors (Lipinski definition) is 1. The normalized spacial score (nSPS) is 19.2. The number of nitrogens with zero attached hydrogens (tertiary/aromatic N) is 1. The van der Waals surface area contributed by atoms with Crippen molar-refractivity contribution in [3.05, 3.63) is 23.7 Å². The molecule has 0 unspecified atom stereocenters. The molecule has 2 fully saturated rings. The van der Waals surface area contributed by atoms with E-state index < -0.39 is 0 Å². The molecule has 2 aliphatic rings. The standard InChI is InChI=1S/C17H28N2O/c1-13(2)7-9-19(16-5-6-16)12-17-14(8-10-20-17)11-18-15-3-4-15/h8,10,13,15-16,18H,3-7,9,11-12H2,1-2H3. The molecule has 0 bridgehead atoms. The summed E-state index contributed by atoms with van der Waals surface area (Å²) in [5.41, 5.74) is 1.35. The van der Waals surface area contributed by atoms with Gasteiger partial charge in [0.1, 0.15) is 5.76 Å². The Balaban J connectivity index is 1.55. The highest BCUT2D eigenvalue weighted by Crippen LogP contribution is 2.30. The number of nitrogens with one attached hydrogen (secondary N) is 1. The molecule has 2 saturated carbocycles. The predicted molar refractivity (Wildman–Crippen MR) is 81.5 cm³/mol. The van der Waals surface area contributed by atoms with Crippen LogP contribution in [0.2, 0.25) is 0 Å². The van der Waals surface area contributed by atoms with E-state index in [2.05, 4.69) is 30.1 Å². The zero-order chi connectivity index (χ0) is 13.9. The van der Waals surface area contributed by atoms with Crippen molar-refractivity contribution < 1.29 is 4.42 Å². The third-order valence-electron chi connectivity index (χ3n) is 4.40. The summed E-state index contributed by atoms with van der Waals surface area (Å²) in [6.07, 6.45) is 8.56. The molecule has 3 rings (SSSR count). The Morgan fingerprint density at radius 2 is 2.10 bits per heavy atom. The van der Waals surface area contributed by atoms with Crippen molar-refractivity contribution >= 4 is 0 Å². The van der Waals surface area contributed by atoms with Crippen molar-refractivity contribution in [1.82, 2.24) is 10.2 Å². The van der Waals surface area contributed by atoms with Gasteiger partial charge in [-0.15, -0.1) is 0 Å². The van der Waals surface area contributed by atoms with Crippen LogP contribution in [0.15, 0.2) is 16.7 Å². The molecule has 112 valence electrons. The van der Waals surface area contributed by atoms with Gasteiger partial charge >= 0.3 is 0 Å². The van der Waals surface area contributed by atoms with Gasteiger partial charge in [-0.3, -0.25) is 4.90 Å². The largest absolute Gasteiger partial charge is 0.468 e. The van der Waals surface area contributed by atoms with E-state index in [-0.39, 0.29) is 0 Å². The molecule has 3 heteroatoms.